The van der Waals surface area contributed by atoms with E-state index in [1.165, 1.54) is 6.42 Å². The van der Waals surface area contributed by atoms with E-state index in [-0.39, 0.29) is 11.9 Å². The molecule has 1 fully saturated rings. The van der Waals surface area contributed by atoms with Crippen molar-refractivity contribution in [2.45, 2.75) is 64.6 Å². The third-order valence-electron chi connectivity index (χ3n) is 3.67. The molecule has 0 bridgehead atoms. The van der Waals surface area contributed by atoms with Crippen molar-refractivity contribution in [1.29, 1.82) is 0 Å². The lowest BCUT2D eigenvalue weighted by atomic mass is 9.97. The van der Waals surface area contributed by atoms with Gasteiger partial charge in [0, 0.05) is 18.6 Å². The van der Waals surface area contributed by atoms with E-state index in [9.17, 15) is 9.90 Å². The van der Waals surface area contributed by atoms with Crippen LogP contribution in [0.1, 0.15) is 47.0 Å². The van der Waals surface area contributed by atoms with Crippen LogP contribution in [0.4, 0.5) is 0 Å². The zero-order chi connectivity index (χ0) is 13.1. The van der Waals surface area contributed by atoms with Crippen LogP contribution in [0.25, 0.3) is 0 Å². The van der Waals surface area contributed by atoms with E-state index in [2.05, 4.69) is 5.32 Å². The molecule has 1 aliphatic rings. The Hall–Kier alpha value is -0.610. The van der Waals surface area contributed by atoms with Crippen LogP contribution in [-0.2, 0) is 4.79 Å². The van der Waals surface area contributed by atoms with E-state index in [1.54, 1.807) is 6.92 Å². The summed E-state index contributed by atoms with van der Waals surface area (Å²) in [4.78, 5) is 14.1. The molecule has 0 aliphatic carbocycles. The Bertz CT molecular complexity index is 258. The van der Waals surface area contributed by atoms with Crippen molar-refractivity contribution in [3.05, 3.63) is 0 Å². The zero-order valence-electron chi connectivity index (χ0n) is 11.5. The quantitative estimate of drug-likeness (QED) is 0.777. The number of hydrogen-bond acceptors (Lipinski definition) is 3. The molecule has 1 saturated heterocycles. The van der Waals surface area contributed by atoms with Crippen molar-refractivity contribution >= 4 is 5.91 Å². The fourth-order valence-electron chi connectivity index (χ4n) is 2.13. The maximum Gasteiger partial charge on any atom is 0.239 e. The Labute approximate surface area is 104 Å². The zero-order valence-corrected chi connectivity index (χ0v) is 11.5. The van der Waals surface area contributed by atoms with Crippen LogP contribution in [0.5, 0.6) is 0 Å². The van der Waals surface area contributed by atoms with Crippen molar-refractivity contribution in [2.75, 3.05) is 13.1 Å². The molecule has 0 radical (unpaired) electrons. The average molecular weight is 242 g/mol. The lowest BCUT2D eigenvalue weighted by Gasteiger charge is -2.35. The molecule has 0 spiro atoms. The maximum absolute atomic E-state index is 12.2. The monoisotopic (exact) mass is 242 g/mol. The van der Waals surface area contributed by atoms with E-state index >= 15 is 0 Å². The highest BCUT2D eigenvalue weighted by atomic mass is 16.3. The number of amides is 1. The van der Waals surface area contributed by atoms with Gasteiger partial charge in [0.1, 0.15) is 0 Å². The van der Waals surface area contributed by atoms with Crippen LogP contribution in [-0.4, -0.2) is 46.7 Å². The minimum absolute atomic E-state index is 0.151. The third kappa shape index (κ3) is 3.96. The Morgan fingerprint density at radius 2 is 1.76 bits per heavy atom. The SMILES string of the molecule is CC(NC(C)(C)C(C)O)C(=O)N1CCCCC1. The van der Waals surface area contributed by atoms with Crippen molar-refractivity contribution in [3.63, 3.8) is 0 Å². The number of nitrogens with one attached hydrogen (secondary N) is 1. The minimum atomic E-state index is -0.487. The first-order chi connectivity index (χ1) is 7.84. The topological polar surface area (TPSA) is 52.6 Å². The number of carbonyl (C=O) groups is 1. The number of piperidine rings is 1. The van der Waals surface area contributed by atoms with Crippen LogP contribution >= 0.6 is 0 Å². The molecule has 0 aromatic heterocycles. The molecule has 2 unspecified atom stereocenters. The molecule has 4 heteroatoms. The number of likely N-dealkylation sites (tertiary alicyclic amines) is 1. The highest BCUT2D eigenvalue weighted by Gasteiger charge is 2.30. The van der Waals surface area contributed by atoms with E-state index in [0.29, 0.717) is 0 Å². The first kappa shape index (κ1) is 14.5. The van der Waals surface area contributed by atoms with Gasteiger partial charge in [-0.2, -0.15) is 0 Å². The number of carbonyl (C=O) groups excluding carboxylic acids is 1. The van der Waals surface area contributed by atoms with Gasteiger partial charge in [0.25, 0.3) is 0 Å². The maximum atomic E-state index is 12.2. The van der Waals surface area contributed by atoms with Gasteiger partial charge in [-0.15, -0.1) is 0 Å². The Balaban J connectivity index is 2.51. The van der Waals surface area contributed by atoms with Crippen molar-refractivity contribution in [2.24, 2.45) is 0 Å². The summed E-state index contributed by atoms with van der Waals surface area (Å²) in [6.45, 7) is 9.20. The van der Waals surface area contributed by atoms with Crippen molar-refractivity contribution in [3.8, 4) is 0 Å². The van der Waals surface area contributed by atoms with E-state index in [4.69, 9.17) is 0 Å². The second-order valence-corrected chi connectivity index (χ2v) is 5.65. The third-order valence-corrected chi connectivity index (χ3v) is 3.67. The molecule has 1 aliphatic heterocycles. The van der Waals surface area contributed by atoms with Gasteiger partial charge in [0.2, 0.25) is 5.91 Å². The van der Waals surface area contributed by atoms with Gasteiger partial charge in [0.15, 0.2) is 0 Å². The predicted octanol–water partition coefficient (Wildman–Crippen LogP) is 1.14. The number of hydrogen-bond donors (Lipinski definition) is 2. The number of nitrogens with zero attached hydrogens (tertiary/aromatic N) is 1. The smallest absolute Gasteiger partial charge is 0.239 e. The average Bonchev–Trinajstić information content (AvgIpc) is 2.28. The molecule has 0 saturated carbocycles. The summed E-state index contributed by atoms with van der Waals surface area (Å²) in [5, 5.41) is 12.8. The summed E-state index contributed by atoms with van der Waals surface area (Å²) >= 11 is 0. The van der Waals surface area contributed by atoms with Gasteiger partial charge < -0.3 is 10.0 Å². The number of rotatable bonds is 4. The molecule has 17 heavy (non-hydrogen) atoms. The highest BCUT2D eigenvalue weighted by molar-refractivity contribution is 5.81. The molecule has 0 aromatic carbocycles. The highest BCUT2D eigenvalue weighted by Crippen LogP contribution is 2.13. The predicted molar refractivity (Wildman–Crippen MR) is 68.8 cm³/mol. The normalized spacial score (nSPS) is 21.1. The van der Waals surface area contributed by atoms with Gasteiger partial charge in [0.05, 0.1) is 12.1 Å². The lowest BCUT2D eigenvalue weighted by Crippen LogP contribution is -2.57. The fraction of sp³-hybridized carbons (Fsp3) is 0.923. The van der Waals surface area contributed by atoms with Gasteiger partial charge in [-0.1, -0.05) is 0 Å². The molecule has 0 aromatic rings. The fourth-order valence-corrected chi connectivity index (χ4v) is 2.13. The van der Waals surface area contributed by atoms with E-state index in [1.807, 2.05) is 25.7 Å². The molecular weight excluding hydrogens is 216 g/mol. The summed E-state index contributed by atoms with van der Waals surface area (Å²) in [5.41, 5.74) is -0.440. The van der Waals surface area contributed by atoms with E-state index in [0.717, 1.165) is 25.9 Å². The Morgan fingerprint density at radius 3 is 2.24 bits per heavy atom. The standard InChI is InChI=1S/C13H26N2O2/c1-10(14-13(3,4)11(2)16)12(17)15-8-6-5-7-9-15/h10-11,14,16H,5-9H2,1-4H3. The summed E-state index contributed by atoms with van der Waals surface area (Å²) in [6.07, 6.45) is 2.96. The van der Waals surface area contributed by atoms with Crippen molar-refractivity contribution < 1.29 is 9.90 Å². The summed E-state index contributed by atoms with van der Waals surface area (Å²) in [7, 11) is 0. The largest absolute Gasteiger partial charge is 0.392 e. The number of aliphatic hydroxyl groups is 1. The Morgan fingerprint density at radius 1 is 1.24 bits per heavy atom. The van der Waals surface area contributed by atoms with Crippen LogP contribution in [0.3, 0.4) is 0 Å². The van der Waals surface area contributed by atoms with Crippen LogP contribution in [0, 0.1) is 0 Å². The Kier molecular flexibility index (Phi) is 4.95. The minimum Gasteiger partial charge on any atom is -0.392 e. The molecule has 1 amide bonds. The molecule has 2 atom stereocenters. The molecular formula is C13H26N2O2. The van der Waals surface area contributed by atoms with Crippen LogP contribution < -0.4 is 5.32 Å². The number of aliphatic hydroxyl groups excluding tert-OH is 1. The first-order valence-corrected chi connectivity index (χ1v) is 6.59. The molecule has 100 valence electrons. The van der Waals surface area contributed by atoms with Crippen LogP contribution in [0.2, 0.25) is 0 Å². The molecule has 1 rings (SSSR count). The van der Waals surface area contributed by atoms with Gasteiger partial charge in [-0.3, -0.25) is 10.1 Å². The summed E-state index contributed by atoms with van der Waals surface area (Å²) < 4.78 is 0. The van der Waals surface area contributed by atoms with Gasteiger partial charge >= 0.3 is 0 Å². The second-order valence-electron chi connectivity index (χ2n) is 5.65. The van der Waals surface area contributed by atoms with Crippen LogP contribution in [0.15, 0.2) is 0 Å². The lowest BCUT2D eigenvalue weighted by molar-refractivity contribution is -0.134. The molecule has 1 heterocycles. The van der Waals surface area contributed by atoms with E-state index < -0.39 is 11.6 Å². The van der Waals surface area contributed by atoms with Gasteiger partial charge in [-0.05, 0) is 47.0 Å². The first-order valence-electron chi connectivity index (χ1n) is 6.59. The molecule has 4 nitrogen and oxygen atoms in total. The summed E-state index contributed by atoms with van der Waals surface area (Å²) in [5.74, 6) is 0.151. The summed E-state index contributed by atoms with van der Waals surface area (Å²) in [6, 6.07) is -0.238. The van der Waals surface area contributed by atoms with Gasteiger partial charge in [-0.25, -0.2) is 0 Å². The van der Waals surface area contributed by atoms with Crippen molar-refractivity contribution in [1.82, 2.24) is 10.2 Å². The molecule has 2 N–H and O–H groups in total. The second kappa shape index (κ2) is 5.83.